The zero-order chi connectivity index (χ0) is 21.8. The van der Waals surface area contributed by atoms with Crippen molar-refractivity contribution in [2.75, 3.05) is 44.4 Å². The molecule has 2 aromatic carbocycles. The first kappa shape index (κ1) is 21.4. The summed E-state index contributed by atoms with van der Waals surface area (Å²) in [6, 6.07) is 14.2. The van der Waals surface area contributed by atoms with Crippen molar-refractivity contribution in [1.82, 2.24) is 9.88 Å². The van der Waals surface area contributed by atoms with E-state index in [4.69, 9.17) is 4.42 Å². The van der Waals surface area contributed by atoms with Crippen LogP contribution in [0.3, 0.4) is 0 Å². The fraction of sp³-hybridized carbons (Fsp3) is 0.440. The van der Waals surface area contributed by atoms with E-state index in [-0.39, 0.29) is 5.91 Å². The van der Waals surface area contributed by atoms with Crippen LogP contribution in [-0.4, -0.2) is 50.0 Å². The number of carbonyl (C=O) groups excluding carboxylic acids is 1. The van der Waals surface area contributed by atoms with Crippen LogP contribution in [0.1, 0.15) is 53.9 Å². The Morgan fingerprint density at radius 3 is 2.48 bits per heavy atom. The molecule has 0 unspecified atom stereocenters. The smallest absolute Gasteiger partial charge is 0.298 e. The number of hydrogen-bond donors (Lipinski definition) is 1. The second kappa shape index (κ2) is 9.52. The summed E-state index contributed by atoms with van der Waals surface area (Å²) in [5.74, 6) is 0.534. The van der Waals surface area contributed by atoms with Crippen molar-refractivity contribution in [2.45, 2.75) is 38.0 Å². The summed E-state index contributed by atoms with van der Waals surface area (Å²) in [7, 11) is 6.05. The molecule has 3 aromatic rings. The summed E-state index contributed by atoms with van der Waals surface area (Å²) in [5.41, 5.74) is 4.18. The zero-order valence-electron chi connectivity index (χ0n) is 18.7. The average Bonchev–Trinajstić information content (AvgIpc) is 3.21. The number of nitrogens with one attached hydrogen (secondary N) is 1. The molecular weight excluding hydrogens is 388 g/mol. The van der Waals surface area contributed by atoms with Crippen LogP contribution >= 0.6 is 0 Å². The third kappa shape index (κ3) is 5.25. The highest BCUT2D eigenvalue weighted by Crippen LogP contribution is 2.32. The number of carbonyl (C=O) groups is 1. The number of anilines is 2. The van der Waals surface area contributed by atoms with Gasteiger partial charge in [-0.15, -0.1) is 0 Å². The Labute approximate surface area is 184 Å². The van der Waals surface area contributed by atoms with Gasteiger partial charge in [-0.3, -0.25) is 4.79 Å². The van der Waals surface area contributed by atoms with Gasteiger partial charge in [-0.2, -0.15) is 4.98 Å². The summed E-state index contributed by atoms with van der Waals surface area (Å²) < 4.78 is 5.86. The second-order valence-corrected chi connectivity index (χ2v) is 8.81. The molecule has 0 spiro atoms. The lowest BCUT2D eigenvalue weighted by atomic mass is 9.84. The molecule has 6 heteroatoms. The molecule has 1 fully saturated rings. The van der Waals surface area contributed by atoms with Gasteiger partial charge >= 0.3 is 0 Å². The van der Waals surface area contributed by atoms with Gasteiger partial charge in [0.15, 0.2) is 5.58 Å². The van der Waals surface area contributed by atoms with Crippen molar-refractivity contribution in [1.29, 1.82) is 0 Å². The van der Waals surface area contributed by atoms with Crippen LogP contribution in [0, 0.1) is 0 Å². The first-order valence-corrected chi connectivity index (χ1v) is 11.2. The van der Waals surface area contributed by atoms with Gasteiger partial charge in [0.1, 0.15) is 5.52 Å². The number of rotatable bonds is 7. The van der Waals surface area contributed by atoms with Crippen LogP contribution < -0.4 is 10.2 Å². The topological polar surface area (TPSA) is 61.6 Å². The summed E-state index contributed by atoms with van der Waals surface area (Å²) >= 11 is 0. The molecule has 6 nitrogen and oxygen atoms in total. The van der Waals surface area contributed by atoms with Gasteiger partial charge in [0.25, 0.3) is 11.9 Å². The number of likely N-dealkylation sites (N-methyl/N-ethyl adjacent to an activating group) is 2. The lowest BCUT2D eigenvalue weighted by Crippen LogP contribution is -2.28. The van der Waals surface area contributed by atoms with Crippen LogP contribution in [-0.2, 0) is 0 Å². The van der Waals surface area contributed by atoms with Crippen LogP contribution in [0.2, 0.25) is 0 Å². The standard InChI is InChI=1S/C25H32N4O2/c1-28(2)15-16-29(3)25-27-22-17-21(13-14-23(22)31-25)26-24(30)20-11-9-19(10-12-20)18-7-5-4-6-8-18/h9-14,17-18H,4-8,15-16H2,1-3H3,(H,26,30). The fourth-order valence-corrected chi connectivity index (χ4v) is 4.15. The normalized spacial score (nSPS) is 14.8. The number of benzene rings is 2. The van der Waals surface area contributed by atoms with Gasteiger partial charge in [0.05, 0.1) is 0 Å². The fourth-order valence-electron chi connectivity index (χ4n) is 4.15. The number of oxazole rings is 1. The van der Waals surface area contributed by atoms with Crippen LogP contribution in [0.4, 0.5) is 11.7 Å². The Morgan fingerprint density at radius 2 is 1.77 bits per heavy atom. The molecule has 1 heterocycles. The number of hydrogen-bond acceptors (Lipinski definition) is 5. The highest BCUT2D eigenvalue weighted by atomic mass is 16.4. The van der Waals surface area contributed by atoms with Crippen molar-refractivity contribution in [3.05, 3.63) is 53.6 Å². The van der Waals surface area contributed by atoms with E-state index in [0.717, 1.165) is 18.6 Å². The van der Waals surface area contributed by atoms with E-state index in [2.05, 4.69) is 27.3 Å². The quantitative estimate of drug-likeness (QED) is 0.574. The molecule has 31 heavy (non-hydrogen) atoms. The van der Waals surface area contributed by atoms with Crippen LogP contribution in [0.15, 0.2) is 46.9 Å². The second-order valence-electron chi connectivity index (χ2n) is 8.81. The van der Waals surface area contributed by atoms with E-state index in [9.17, 15) is 4.79 Å². The van der Waals surface area contributed by atoms with Crippen molar-refractivity contribution in [3.8, 4) is 0 Å². The molecule has 1 aromatic heterocycles. The molecule has 1 aliphatic rings. The average molecular weight is 421 g/mol. The molecule has 4 rings (SSSR count). The van der Waals surface area contributed by atoms with E-state index in [1.807, 2.05) is 56.4 Å². The summed E-state index contributed by atoms with van der Waals surface area (Å²) in [5, 5.41) is 2.99. The van der Waals surface area contributed by atoms with Gasteiger partial charge in [0.2, 0.25) is 0 Å². The maximum absolute atomic E-state index is 12.7. The Balaban J connectivity index is 1.42. The molecule has 1 N–H and O–H groups in total. The predicted molar refractivity (Wildman–Crippen MR) is 126 cm³/mol. The van der Waals surface area contributed by atoms with Crippen molar-refractivity contribution in [2.24, 2.45) is 0 Å². The molecule has 1 amide bonds. The molecular formula is C25H32N4O2. The summed E-state index contributed by atoms with van der Waals surface area (Å²) in [6.45, 7) is 1.73. The Morgan fingerprint density at radius 1 is 1.03 bits per heavy atom. The highest BCUT2D eigenvalue weighted by molar-refractivity contribution is 6.05. The van der Waals surface area contributed by atoms with E-state index < -0.39 is 0 Å². The van der Waals surface area contributed by atoms with Crippen LogP contribution in [0.25, 0.3) is 11.1 Å². The summed E-state index contributed by atoms with van der Waals surface area (Å²) in [6.07, 6.45) is 6.49. The first-order valence-electron chi connectivity index (χ1n) is 11.2. The Kier molecular flexibility index (Phi) is 6.56. The minimum Gasteiger partial charge on any atom is -0.423 e. The van der Waals surface area contributed by atoms with Crippen molar-refractivity contribution in [3.63, 3.8) is 0 Å². The molecule has 0 radical (unpaired) electrons. The van der Waals surface area contributed by atoms with Gasteiger partial charge in [0, 0.05) is 31.4 Å². The van der Waals surface area contributed by atoms with Crippen molar-refractivity contribution < 1.29 is 9.21 Å². The lowest BCUT2D eigenvalue weighted by molar-refractivity contribution is 0.102. The van der Waals surface area contributed by atoms with E-state index in [0.29, 0.717) is 28.8 Å². The first-order chi connectivity index (χ1) is 15.0. The number of aromatic nitrogens is 1. The number of amides is 1. The van der Waals surface area contributed by atoms with E-state index in [1.54, 1.807) is 0 Å². The summed E-state index contributed by atoms with van der Waals surface area (Å²) in [4.78, 5) is 21.4. The van der Waals surface area contributed by atoms with E-state index in [1.165, 1.54) is 37.7 Å². The largest absolute Gasteiger partial charge is 0.423 e. The van der Waals surface area contributed by atoms with Gasteiger partial charge in [-0.25, -0.2) is 0 Å². The minimum atomic E-state index is -0.110. The maximum atomic E-state index is 12.7. The molecule has 0 atom stereocenters. The van der Waals surface area contributed by atoms with Gasteiger partial charge < -0.3 is 19.5 Å². The molecule has 1 saturated carbocycles. The van der Waals surface area contributed by atoms with Crippen molar-refractivity contribution >= 4 is 28.7 Å². The predicted octanol–water partition coefficient (Wildman–Crippen LogP) is 5.13. The molecule has 1 aliphatic carbocycles. The van der Waals surface area contributed by atoms with Crippen LogP contribution in [0.5, 0.6) is 0 Å². The Hall–Kier alpha value is -2.86. The number of nitrogens with zero attached hydrogens (tertiary/aromatic N) is 3. The molecule has 164 valence electrons. The van der Waals surface area contributed by atoms with E-state index >= 15 is 0 Å². The molecule has 0 aliphatic heterocycles. The third-order valence-electron chi connectivity index (χ3n) is 6.09. The number of fused-ring (bicyclic) bond motifs is 1. The highest BCUT2D eigenvalue weighted by Gasteiger charge is 2.16. The van der Waals surface area contributed by atoms with Gasteiger partial charge in [-0.1, -0.05) is 31.4 Å². The zero-order valence-corrected chi connectivity index (χ0v) is 18.7. The SMILES string of the molecule is CN(C)CCN(C)c1nc2cc(NC(=O)c3ccc(C4CCCCC4)cc3)ccc2o1. The molecule has 0 saturated heterocycles. The molecule has 0 bridgehead atoms. The minimum absolute atomic E-state index is 0.110. The lowest BCUT2D eigenvalue weighted by Gasteiger charge is -2.22. The van der Waals surface area contributed by atoms with Gasteiger partial charge in [-0.05, 0) is 68.8 Å². The third-order valence-corrected chi connectivity index (χ3v) is 6.09. The monoisotopic (exact) mass is 420 g/mol. The maximum Gasteiger partial charge on any atom is 0.298 e. The Bertz CT molecular complexity index is 1020.